The molecule has 0 aliphatic heterocycles. The standard InChI is InChI=1S/C13H22N2O/c1-4-11(5-2)8-15-12(16)13(9-14)6-10(3)7-13/h10-11H,4-8H2,1-3H3,(H,15,16). The van der Waals surface area contributed by atoms with Crippen molar-refractivity contribution in [3.63, 3.8) is 0 Å². The van der Waals surface area contributed by atoms with Gasteiger partial charge in [-0.05, 0) is 24.7 Å². The third-order valence-corrected chi connectivity index (χ3v) is 3.75. The fourth-order valence-corrected chi connectivity index (χ4v) is 2.44. The fraction of sp³-hybridized carbons (Fsp3) is 0.846. The minimum atomic E-state index is -0.717. The van der Waals surface area contributed by atoms with Crippen LogP contribution in [0.15, 0.2) is 0 Å². The molecule has 1 aliphatic carbocycles. The Bertz CT molecular complexity index is 283. The number of rotatable bonds is 5. The lowest BCUT2D eigenvalue weighted by Crippen LogP contribution is -2.49. The lowest BCUT2D eigenvalue weighted by Gasteiger charge is -2.39. The van der Waals surface area contributed by atoms with Gasteiger partial charge in [0.2, 0.25) is 5.91 Å². The molecule has 0 heterocycles. The zero-order valence-corrected chi connectivity index (χ0v) is 10.5. The van der Waals surface area contributed by atoms with Gasteiger partial charge in [0.15, 0.2) is 0 Å². The normalized spacial score (nSPS) is 28.3. The van der Waals surface area contributed by atoms with Crippen LogP contribution >= 0.6 is 0 Å². The Morgan fingerprint density at radius 1 is 1.50 bits per heavy atom. The molecule has 0 aromatic heterocycles. The van der Waals surface area contributed by atoms with Gasteiger partial charge in [-0.3, -0.25) is 4.79 Å². The van der Waals surface area contributed by atoms with Crippen molar-refractivity contribution in [1.82, 2.24) is 5.32 Å². The number of nitriles is 1. The quantitative estimate of drug-likeness (QED) is 0.777. The van der Waals surface area contributed by atoms with Gasteiger partial charge < -0.3 is 5.32 Å². The summed E-state index contributed by atoms with van der Waals surface area (Å²) in [7, 11) is 0. The number of amides is 1. The summed E-state index contributed by atoms with van der Waals surface area (Å²) in [6.45, 7) is 7.06. The van der Waals surface area contributed by atoms with E-state index in [1.54, 1.807) is 0 Å². The van der Waals surface area contributed by atoms with Crippen molar-refractivity contribution >= 4 is 5.91 Å². The predicted octanol–water partition coefficient (Wildman–Crippen LogP) is 2.48. The maximum absolute atomic E-state index is 11.9. The van der Waals surface area contributed by atoms with Gasteiger partial charge in [0.05, 0.1) is 6.07 Å². The highest BCUT2D eigenvalue weighted by Crippen LogP contribution is 2.45. The zero-order valence-electron chi connectivity index (χ0n) is 10.5. The summed E-state index contributed by atoms with van der Waals surface area (Å²) in [5.41, 5.74) is -0.717. The first-order valence-corrected chi connectivity index (χ1v) is 6.27. The molecule has 0 atom stereocenters. The van der Waals surface area contributed by atoms with Crippen molar-refractivity contribution in [1.29, 1.82) is 5.26 Å². The van der Waals surface area contributed by atoms with Crippen LogP contribution in [0.2, 0.25) is 0 Å². The molecule has 0 spiro atoms. The first kappa shape index (κ1) is 13.0. The SMILES string of the molecule is CCC(CC)CNC(=O)C1(C#N)CC(C)C1. The van der Waals surface area contributed by atoms with E-state index in [-0.39, 0.29) is 5.91 Å². The van der Waals surface area contributed by atoms with Crippen molar-refractivity contribution in [3.05, 3.63) is 0 Å². The molecule has 1 aliphatic rings. The highest BCUT2D eigenvalue weighted by Gasteiger charge is 2.48. The van der Waals surface area contributed by atoms with Crippen LogP contribution < -0.4 is 5.32 Å². The molecule has 3 heteroatoms. The van der Waals surface area contributed by atoms with Crippen LogP contribution in [0.4, 0.5) is 0 Å². The van der Waals surface area contributed by atoms with Gasteiger partial charge in [-0.2, -0.15) is 5.26 Å². The van der Waals surface area contributed by atoms with Gasteiger partial charge in [-0.15, -0.1) is 0 Å². The molecule has 1 saturated carbocycles. The van der Waals surface area contributed by atoms with Crippen LogP contribution in [-0.2, 0) is 4.79 Å². The number of hydrogen-bond acceptors (Lipinski definition) is 2. The molecule has 0 aromatic carbocycles. The molecule has 90 valence electrons. The third-order valence-electron chi connectivity index (χ3n) is 3.75. The Morgan fingerprint density at radius 2 is 2.06 bits per heavy atom. The average Bonchev–Trinajstić information content (AvgIpc) is 2.25. The van der Waals surface area contributed by atoms with Crippen molar-refractivity contribution in [2.75, 3.05) is 6.54 Å². The van der Waals surface area contributed by atoms with Crippen LogP contribution in [-0.4, -0.2) is 12.5 Å². The fourth-order valence-electron chi connectivity index (χ4n) is 2.44. The van der Waals surface area contributed by atoms with Gasteiger partial charge in [0.1, 0.15) is 5.41 Å². The number of hydrogen-bond donors (Lipinski definition) is 1. The molecule has 0 radical (unpaired) electrons. The molecule has 1 fully saturated rings. The van der Waals surface area contributed by atoms with E-state index in [2.05, 4.69) is 32.2 Å². The molecular weight excluding hydrogens is 200 g/mol. The maximum Gasteiger partial charge on any atom is 0.240 e. The third kappa shape index (κ3) is 2.55. The minimum Gasteiger partial charge on any atom is -0.354 e. The number of carbonyl (C=O) groups excluding carboxylic acids is 1. The van der Waals surface area contributed by atoms with Gasteiger partial charge in [-0.25, -0.2) is 0 Å². The summed E-state index contributed by atoms with van der Waals surface area (Å²) in [6.07, 6.45) is 3.59. The molecule has 0 unspecified atom stereocenters. The van der Waals surface area contributed by atoms with Crippen molar-refractivity contribution < 1.29 is 4.79 Å². The van der Waals surface area contributed by atoms with Crippen LogP contribution in [0.5, 0.6) is 0 Å². The molecular formula is C13H22N2O. The Labute approximate surface area is 98.2 Å². The number of nitrogens with zero attached hydrogens (tertiary/aromatic N) is 1. The number of nitrogens with one attached hydrogen (secondary N) is 1. The maximum atomic E-state index is 11.9. The topological polar surface area (TPSA) is 52.9 Å². The summed E-state index contributed by atoms with van der Waals surface area (Å²) < 4.78 is 0. The highest BCUT2D eigenvalue weighted by molar-refractivity contribution is 5.86. The van der Waals surface area contributed by atoms with Crippen molar-refractivity contribution in [2.24, 2.45) is 17.3 Å². The summed E-state index contributed by atoms with van der Waals surface area (Å²) in [6, 6.07) is 2.19. The lowest BCUT2D eigenvalue weighted by atomic mass is 9.63. The molecule has 0 bridgehead atoms. The van der Waals surface area contributed by atoms with Gasteiger partial charge in [0, 0.05) is 6.54 Å². The molecule has 16 heavy (non-hydrogen) atoms. The highest BCUT2D eigenvalue weighted by atomic mass is 16.2. The first-order chi connectivity index (χ1) is 7.57. The van der Waals surface area contributed by atoms with Crippen molar-refractivity contribution in [3.8, 4) is 6.07 Å². The zero-order chi connectivity index (χ0) is 12.2. The first-order valence-electron chi connectivity index (χ1n) is 6.27. The smallest absolute Gasteiger partial charge is 0.240 e. The second-order valence-electron chi connectivity index (χ2n) is 5.10. The predicted molar refractivity (Wildman–Crippen MR) is 63.5 cm³/mol. The number of carbonyl (C=O) groups is 1. The summed E-state index contributed by atoms with van der Waals surface area (Å²) >= 11 is 0. The van der Waals surface area contributed by atoms with E-state index in [1.807, 2.05) is 0 Å². The Balaban J connectivity index is 2.43. The van der Waals surface area contributed by atoms with E-state index in [9.17, 15) is 4.79 Å². The van der Waals surface area contributed by atoms with E-state index < -0.39 is 5.41 Å². The molecule has 0 saturated heterocycles. The summed E-state index contributed by atoms with van der Waals surface area (Å²) in [4.78, 5) is 11.9. The molecule has 1 N–H and O–H groups in total. The van der Waals surface area contributed by atoms with Gasteiger partial charge >= 0.3 is 0 Å². The van der Waals surface area contributed by atoms with E-state index in [0.717, 1.165) is 25.7 Å². The van der Waals surface area contributed by atoms with Gasteiger partial charge in [-0.1, -0.05) is 33.6 Å². The second kappa shape index (κ2) is 5.34. The van der Waals surface area contributed by atoms with E-state index in [1.165, 1.54) is 0 Å². The van der Waals surface area contributed by atoms with E-state index in [4.69, 9.17) is 5.26 Å². The van der Waals surface area contributed by atoms with Crippen LogP contribution in [0.3, 0.4) is 0 Å². The molecule has 1 rings (SSSR count). The Morgan fingerprint density at radius 3 is 2.44 bits per heavy atom. The van der Waals surface area contributed by atoms with E-state index in [0.29, 0.717) is 18.4 Å². The Hall–Kier alpha value is -1.04. The summed E-state index contributed by atoms with van der Waals surface area (Å²) in [5.74, 6) is 0.996. The van der Waals surface area contributed by atoms with Crippen LogP contribution in [0.1, 0.15) is 46.5 Å². The molecule has 0 aromatic rings. The van der Waals surface area contributed by atoms with Crippen molar-refractivity contribution in [2.45, 2.75) is 46.5 Å². The van der Waals surface area contributed by atoms with E-state index >= 15 is 0 Å². The lowest BCUT2D eigenvalue weighted by molar-refractivity contribution is -0.134. The average molecular weight is 222 g/mol. The minimum absolute atomic E-state index is 0.0556. The second-order valence-corrected chi connectivity index (χ2v) is 5.10. The monoisotopic (exact) mass is 222 g/mol. The molecule has 1 amide bonds. The van der Waals surface area contributed by atoms with Crippen LogP contribution in [0, 0.1) is 28.6 Å². The summed E-state index contributed by atoms with van der Waals surface area (Å²) in [5, 5.41) is 12.0. The van der Waals surface area contributed by atoms with Crippen LogP contribution in [0.25, 0.3) is 0 Å². The largest absolute Gasteiger partial charge is 0.354 e. The molecule has 3 nitrogen and oxygen atoms in total. The van der Waals surface area contributed by atoms with Gasteiger partial charge in [0.25, 0.3) is 0 Å². The Kier molecular flexibility index (Phi) is 4.35.